The van der Waals surface area contributed by atoms with Gasteiger partial charge in [0.2, 0.25) is 0 Å². The van der Waals surface area contributed by atoms with Crippen molar-refractivity contribution in [2.24, 2.45) is 11.8 Å². The second kappa shape index (κ2) is 9.17. The molecule has 0 amide bonds. The quantitative estimate of drug-likeness (QED) is 0.409. The Morgan fingerprint density at radius 3 is 2.52 bits per heavy atom. The van der Waals surface area contributed by atoms with Crippen LogP contribution in [0.2, 0.25) is 0 Å². The van der Waals surface area contributed by atoms with Crippen LogP contribution in [0.5, 0.6) is 11.5 Å². The molecule has 3 aromatic rings. The molecule has 0 fully saturated rings. The summed E-state index contributed by atoms with van der Waals surface area (Å²) in [6.07, 6.45) is 2.58. The minimum atomic E-state index is -0.362. The van der Waals surface area contributed by atoms with Gasteiger partial charge in [0.05, 0.1) is 5.92 Å². The number of ether oxygens (including phenoxy) is 2. The lowest BCUT2D eigenvalue weighted by atomic mass is 9.87. The van der Waals surface area contributed by atoms with Crippen LogP contribution in [0.15, 0.2) is 78.4 Å². The van der Waals surface area contributed by atoms with Crippen molar-refractivity contribution < 1.29 is 18.7 Å². The van der Waals surface area contributed by atoms with E-state index in [0.29, 0.717) is 12.2 Å². The number of halogens is 1. The summed E-state index contributed by atoms with van der Waals surface area (Å²) in [5.74, 6) is 0.628. The Labute approximate surface area is 182 Å². The van der Waals surface area contributed by atoms with E-state index >= 15 is 0 Å². The number of carbonyl (C=O) groups excluding carboxylic acids is 1. The molecular formula is C27H25FO3. The Balaban J connectivity index is 1.42. The summed E-state index contributed by atoms with van der Waals surface area (Å²) in [5, 5.41) is 0. The standard InChI is InChI=1S/C27H25FO3/c1-18(2)26(22-14-20-11-12-23(28)16-21(20)15-22)27(29)30-17-19-7-6-10-25(13-19)31-24-8-4-3-5-9-24/h3-13,15-16,18,26H,14,17H2,1-2H3. The third kappa shape index (κ3) is 5.02. The minimum absolute atomic E-state index is 0.0747. The fraction of sp³-hybridized carbons (Fsp3) is 0.222. The molecule has 3 aromatic carbocycles. The zero-order valence-corrected chi connectivity index (χ0v) is 17.7. The predicted octanol–water partition coefficient (Wildman–Crippen LogP) is 6.57. The third-order valence-electron chi connectivity index (χ3n) is 5.42. The SMILES string of the molecule is CC(C)C(C(=O)OCc1cccc(Oc2ccccc2)c1)C1=Cc2cc(F)ccc2C1. The van der Waals surface area contributed by atoms with E-state index in [9.17, 15) is 9.18 Å². The van der Waals surface area contributed by atoms with Gasteiger partial charge in [-0.2, -0.15) is 0 Å². The molecule has 3 nitrogen and oxygen atoms in total. The molecule has 0 bridgehead atoms. The van der Waals surface area contributed by atoms with Gasteiger partial charge in [-0.15, -0.1) is 0 Å². The number of rotatable bonds is 7. The van der Waals surface area contributed by atoms with Crippen LogP contribution in [0, 0.1) is 17.7 Å². The maximum Gasteiger partial charge on any atom is 0.313 e. The van der Waals surface area contributed by atoms with E-state index < -0.39 is 0 Å². The van der Waals surface area contributed by atoms with Gasteiger partial charge >= 0.3 is 5.97 Å². The fourth-order valence-corrected chi connectivity index (χ4v) is 3.95. The Morgan fingerprint density at radius 2 is 1.74 bits per heavy atom. The molecule has 0 spiro atoms. The van der Waals surface area contributed by atoms with Crippen LogP contribution < -0.4 is 4.74 Å². The first kappa shape index (κ1) is 20.9. The first-order valence-corrected chi connectivity index (χ1v) is 10.5. The highest BCUT2D eigenvalue weighted by molar-refractivity contribution is 5.80. The van der Waals surface area contributed by atoms with E-state index in [1.807, 2.05) is 74.5 Å². The van der Waals surface area contributed by atoms with Crippen molar-refractivity contribution in [2.45, 2.75) is 26.9 Å². The number of carbonyl (C=O) groups is 1. The number of fused-ring (bicyclic) bond motifs is 1. The summed E-state index contributed by atoms with van der Waals surface area (Å²) in [6.45, 7) is 4.18. The van der Waals surface area contributed by atoms with Gasteiger partial charge in [0, 0.05) is 0 Å². The molecule has 0 radical (unpaired) electrons. The van der Waals surface area contributed by atoms with Gasteiger partial charge < -0.3 is 9.47 Å². The zero-order valence-electron chi connectivity index (χ0n) is 17.7. The van der Waals surface area contributed by atoms with E-state index in [0.717, 1.165) is 28.0 Å². The maximum atomic E-state index is 13.6. The molecule has 1 aliphatic carbocycles. The monoisotopic (exact) mass is 416 g/mol. The molecule has 31 heavy (non-hydrogen) atoms. The normalized spacial score (nSPS) is 13.5. The molecule has 0 aliphatic heterocycles. The number of hydrogen-bond donors (Lipinski definition) is 0. The lowest BCUT2D eigenvalue weighted by Gasteiger charge is -2.21. The molecule has 0 heterocycles. The Morgan fingerprint density at radius 1 is 0.968 bits per heavy atom. The molecule has 1 atom stereocenters. The highest BCUT2D eigenvalue weighted by Gasteiger charge is 2.30. The van der Waals surface area contributed by atoms with Gasteiger partial charge in [-0.3, -0.25) is 4.79 Å². The van der Waals surface area contributed by atoms with Gasteiger partial charge in [-0.25, -0.2) is 4.39 Å². The molecular weight excluding hydrogens is 391 g/mol. The smallest absolute Gasteiger partial charge is 0.313 e. The number of esters is 1. The van der Waals surface area contributed by atoms with Crippen molar-refractivity contribution in [1.29, 1.82) is 0 Å². The van der Waals surface area contributed by atoms with Crippen LogP contribution in [-0.4, -0.2) is 5.97 Å². The van der Waals surface area contributed by atoms with E-state index in [4.69, 9.17) is 9.47 Å². The second-order valence-corrected chi connectivity index (χ2v) is 8.13. The lowest BCUT2D eigenvalue weighted by Crippen LogP contribution is -2.25. The van der Waals surface area contributed by atoms with Crippen LogP contribution in [-0.2, 0) is 22.6 Å². The highest BCUT2D eigenvalue weighted by Crippen LogP contribution is 2.34. The van der Waals surface area contributed by atoms with Crippen molar-refractivity contribution in [2.75, 3.05) is 0 Å². The molecule has 158 valence electrons. The van der Waals surface area contributed by atoms with Gasteiger partial charge in [-0.05, 0) is 65.4 Å². The summed E-state index contributed by atoms with van der Waals surface area (Å²) in [7, 11) is 0. The molecule has 4 rings (SSSR count). The summed E-state index contributed by atoms with van der Waals surface area (Å²) in [5.41, 5.74) is 3.72. The van der Waals surface area contributed by atoms with Gasteiger partial charge in [-0.1, -0.05) is 61.9 Å². The van der Waals surface area contributed by atoms with Gasteiger partial charge in [0.25, 0.3) is 0 Å². The number of para-hydroxylation sites is 1. The summed E-state index contributed by atoms with van der Waals surface area (Å²) in [6, 6.07) is 21.8. The Kier molecular flexibility index (Phi) is 6.17. The minimum Gasteiger partial charge on any atom is -0.460 e. The third-order valence-corrected chi connectivity index (χ3v) is 5.42. The summed E-state index contributed by atoms with van der Waals surface area (Å²) >= 11 is 0. The van der Waals surface area contributed by atoms with Crippen molar-refractivity contribution >= 4 is 12.0 Å². The number of hydrogen-bond acceptors (Lipinski definition) is 3. The van der Waals surface area contributed by atoms with Crippen molar-refractivity contribution in [3.63, 3.8) is 0 Å². The fourth-order valence-electron chi connectivity index (χ4n) is 3.95. The van der Waals surface area contributed by atoms with Crippen LogP contribution in [0.4, 0.5) is 4.39 Å². The van der Waals surface area contributed by atoms with Crippen LogP contribution in [0.1, 0.15) is 30.5 Å². The average molecular weight is 416 g/mol. The molecule has 1 aliphatic rings. The number of benzene rings is 3. The first-order chi connectivity index (χ1) is 15.0. The molecule has 1 unspecified atom stereocenters. The zero-order chi connectivity index (χ0) is 21.8. The second-order valence-electron chi connectivity index (χ2n) is 8.13. The van der Waals surface area contributed by atoms with E-state index in [1.54, 1.807) is 6.07 Å². The van der Waals surface area contributed by atoms with Crippen molar-refractivity contribution in [3.8, 4) is 11.5 Å². The van der Waals surface area contributed by atoms with Crippen LogP contribution in [0.3, 0.4) is 0 Å². The maximum absolute atomic E-state index is 13.6. The molecule has 0 N–H and O–H groups in total. The van der Waals surface area contributed by atoms with Crippen molar-refractivity contribution in [1.82, 2.24) is 0 Å². The summed E-state index contributed by atoms with van der Waals surface area (Å²) < 4.78 is 25.1. The van der Waals surface area contributed by atoms with Crippen LogP contribution >= 0.6 is 0 Å². The summed E-state index contributed by atoms with van der Waals surface area (Å²) in [4.78, 5) is 13.0. The Hall–Kier alpha value is -3.40. The average Bonchev–Trinajstić information content (AvgIpc) is 3.15. The molecule has 0 saturated heterocycles. The van der Waals surface area contributed by atoms with Crippen LogP contribution in [0.25, 0.3) is 6.08 Å². The van der Waals surface area contributed by atoms with E-state index in [-0.39, 0.29) is 30.2 Å². The van der Waals surface area contributed by atoms with Gasteiger partial charge in [0.15, 0.2) is 0 Å². The largest absolute Gasteiger partial charge is 0.460 e. The van der Waals surface area contributed by atoms with Gasteiger partial charge in [0.1, 0.15) is 23.9 Å². The predicted molar refractivity (Wildman–Crippen MR) is 119 cm³/mol. The first-order valence-electron chi connectivity index (χ1n) is 10.5. The topological polar surface area (TPSA) is 35.5 Å². The van der Waals surface area contributed by atoms with E-state index in [2.05, 4.69) is 0 Å². The Bertz CT molecular complexity index is 1100. The molecule has 4 heteroatoms. The molecule has 0 saturated carbocycles. The lowest BCUT2D eigenvalue weighted by molar-refractivity contribution is -0.149. The molecule has 0 aromatic heterocycles. The van der Waals surface area contributed by atoms with Crippen molar-refractivity contribution in [3.05, 3.63) is 101 Å². The highest BCUT2D eigenvalue weighted by atomic mass is 19.1. The van der Waals surface area contributed by atoms with E-state index in [1.165, 1.54) is 12.1 Å².